The summed E-state index contributed by atoms with van der Waals surface area (Å²) in [4.78, 5) is 0. The highest BCUT2D eigenvalue weighted by atomic mass is 14.2. The van der Waals surface area contributed by atoms with Crippen LogP contribution >= 0.6 is 0 Å². The predicted molar refractivity (Wildman–Crippen MR) is 94.1 cm³/mol. The molecule has 0 N–H and O–H groups in total. The second-order valence-electron chi connectivity index (χ2n) is 6.90. The van der Waals surface area contributed by atoms with Crippen LogP contribution in [0.4, 0.5) is 0 Å². The molecule has 0 radical (unpaired) electrons. The van der Waals surface area contributed by atoms with E-state index in [0.717, 1.165) is 0 Å². The van der Waals surface area contributed by atoms with Crippen LogP contribution in [0.3, 0.4) is 0 Å². The Morgan fingerprint density at radius 3 is 1.71 bits per heavy atom. The third-order valence-electron chi connectivity index (χ3n) is 4.22. The van der Waals surface area contributed by atoms with E-state index < -0.39 is 0 Å². The molecule has 2 rings (SSSR count). The predicted octanol–water partition coefficient (Wildman–Crippen LogP) is 6.72. The number of rotatable bonds is 4. The first-order valence-corrected chi connectivity index (χ1v) is 8.15. The van der Waals surface area contributed by atoms with E-state index in [1.807, 2.05) is 0 Å². The van der Waals surface area contributed by atoms with Gasteiger partial charge in [0.25, 0.3) is 0 Å². The van der Waals surface area contributed by atoms with Gasteiger partial charge in [0.05, 0.1) is 0 Å². The maximum absolute atomic E-state index is 2.40. The Kier molecular flexibility index (Phi) is 4.88. The van der Waals surface area contributed by atoms with E-state index in [0.29, 0.717) is 17.8 Å². The molecule has 112 valence electrons. The van der Waals surface area contributed by atoms with Gasteiger partial charge in [-0.1, -0.05) is 84.0 Å². The molecule has 0 aliphatic carbocycles. The minimum absolute atomic E-state index is 0.550. The van der Waals surface area contributed by atoms with Crippen LogP contribution in [0.5, 0.6) is 0 Å². The Labute approximate surface area is 130 Å². The van der Waals surface area contributed by atoms with Gasteiger partial charge >= 0.3 is 0 Å². The molecule has 0 bridgehead atoms. The Balaban J connectivity index is 2.58. The first-order valence-electron chi connectivity index (χ1n) is 8.15. The van der Waals surface area contributed by atoms with E-state index in [1.165, 1.54) is 27.8 Å². The van der Waals surface area contributed by atoms with Gasteiger partial charge in [0, 0.05) is 0 Å². The highest BCUT2D eigenvalue weighted by Crippen LogP contribution is 2.34. The zero-order valence-corrected chi connectivity index (χ0v) is 14.3. The Hall–Kier alpha value is -1.56. The van der Waals surface area contributed by atoms with Crippen molar-refractivity contribution in [3.05, 3.63) is 59.2 Å². The second-order valence-corrected chi connectivity index (χ2v) is 6.90. The van der Waals surface area contributed by atoms with Crippen LogP contribution < -0.4 is 0 Å². The van der Waals surface area contributed by atoms with Crippen molar-refractivity contribution in [2.24, 2.45) is 0 Å². The molecule has 0 nitrogen and oxygen atoms in total. The highest BCUT2D eigenvalue weighted by Gasteiger charge is 2.13. The molecule has 0 saturated heterocycles. The molecule has 0 aromatic heterocycles. The summed E-state index contributed by atoms with van der Waals surface area (Å²) < 4.78 is 0. The SMILES string of the molecule is CC(C)c1ccccc1-c1ccc(C(C)C)c(C(C)C)c1. The quantitative estimate of drug-likeness (QED) is 0.583. The number of benzene rings is 2. The lowest BCUT2D eigenvalue weighted by Crippen LogP contribution is -2.00. The topological polar surface area (TPSA) is 0 Å². The second kappa shape index (κ2) is 6.47. The van der Waals surface area contributed by atoms with Gasteiger partial charge in [-0.15, -0.1) is 0 Å². The molecular formula is C21H28. The van der Waals surface area contributed by atoms with Crippen LogP contribution in [-0.4, -0.2) is 0 Å². The van der Waals surface area contributed by atoms with Crippen molar-refractivity contribution in [2.75, 3.05) is 0 Å². The highest BCUT2D eigenvalue weighted by molar-refractivity contribution is 5.69. The number of hydrogen-bond donors (Lipinski definition) is 0. The van der Waals surface area contributed by atoms with E-state index >= 15 is 0 Å². The van der Waals surface area contributed by atoms with Crippen molar-refractivity contribution in [1.29, 1.82) is 0 Å². The van der Waals surface area contributed by atoms with Gasteiger partial charge < -0.3 is 0 Å². The van der Waals surface area contributed by atoms with Crippen LogP contribution in [0.25, 0.3) is 11.1 Å². The third kappa shape index (κ3) is 3.37. The van der Waals surface area contributed by atoms with Crippen LogP contribution in [0.2, 0.25) is 0 Å². The summed E-state index contributed by atoms with van der Waals surface area (Å²) in [6.07, 6.45) is 0. The van der Waals surface area contributed by atoms with Crippen LogP contribution in [0.15, 0.2) is 42.5 Å². The lowest BCUT2D eigenvalue weighted by atomic mass is 9.86. The maximum atomic E-state index is 2.40. The average Bonchev–Trinajstić information content (AvgIpc) is 2.46. The molecule has 2 aromatic rings. The lowest BCUT2D eigenvalue weighted by molar-refractivity contribution is 0.790. The average molecular weight is 280 g/mol. The molecule has 0 spiro atoms. The normalized spacial score (nSPS) is 11.7. The van der Waals surface area contributed by atoms with Crippen molar-refractivity contribution < 1.29 is 0 Å². The van der Waals surface area contributed by atoms with Crippen molar-refractivity contribution in [3.8, 4) is 11.1 Å². The molecule has 0 aliphatic heterocycles. The largest absolute Gasteiger partial charge is 0.0619 e. The zero-order valence-electron chi connectivity index (χ0n) is 14.3. The Morgan fingerprint density at radius 1 is 0.571 bits per heavy atom. The summed E-state index contributed by atoms with van der Waals surface area (Å²) in [5.41, 5.74) is 7.14. The summed E-state index contributed by atoms with van der Waals surface area (Å²) in [7, 11) is 0. The summed E-state index contributed by atoms with van der Waals surface area (Å²) in [6, 6.07) is 15.8. The molecule has 0 heteroatoms. The van der Waals surface area contributed by atoms with Gasteiger partial charge in [0.2, 0.25) is 0 Å². The molecule has 0 heterocycles. The minimum atomic E-state index is 0.550. The first kappa shape index (κ1) is 15.8. The molecule has 0 amide bonds. The molecule has 2 aromatic carbocycles. The van der Waals surface area contributed by atoms with Crippen molar-refractivity contribution in [2.45, 2.75) is 59.3 Å². The van der Waals surface area contributed by atoms with Crippen molar-refractivity contribution >= 4 is 0 Å². The summed E-state index contributed by atoms with van der Waals surface area (Å²) in [6.45, 7) is 13.7. The van der Waals surface area contributed by atoms with Crippen molar-refractivity contribution in [1.82, 2.24) is 0 Å². The zero-order chi connectivity index (χ0) is 15.6. The van der Waals surface area contributed by atoms with Crippen LogP contribution in [0.1, 0.15) is 76.0 Å². The van der Waals surface area contributed by atoms with Gasteiger partial charge in [-0.2, -0.15) is 0 Å². The van der Waals surface area contributed by atoms with Gasteiger partial charge in [-0.25, -0.2) is 0 Å². The standard InChI is InChI=1S/C21H28/c1-14(2)18-9-7-8-10-20(18)17-11-12-19(15(3)4)21(13-17)16(5)6/h7-16H,1-6H3. The molecule has 0 atom stereocenters. The first-order chi connectivity index (χ1) is 9.91. The smallest absolute Gasteiger partial charge is 0.0149 e. The molecule has 0 fully saturated rings. The Morgan fingerprint density at radius 2 is 1.14 bits per heavy atom. The van der Waals surface area contributed by atoms with Gasteiger partial charge in [0.15, 0.2) is 0 Å². The summed E-state index contributed by atoms with van der Waals surface area (Å²) in [5, 5.41) is 0. The Bertz CT molecular complexity index is 603. The fourth-order valence-corrected chi connectivity index (χ4v) is 3.03. The number of hydrogen-bond acceptors (Lipinski definition) is 0. The van der Waals surface area contributed by atoms with E-state index in [2.05, 4.69) is 84.0 Å². The van der Waals surface area contributed by atoms with Crippen molar-refractivity contribution in [3.63, 3.8) is 0 Å². The lowest BCUT2D eigenvalue weighted by Gasteiger charge is -2.19. The fraction of sp³-hybridized carbons (Fsp3) is 0.429. The van der Waals surface area contributed by atoms with E-state index in [4.69, 9.17) is 0 Å². The van der Waals surface area contributed by atoms with Crippen LogP contribution in [0, 0.1) is 0 Å². The monoisotopic (exact) mass is 280 g/mol. The molecule has 21 heavy (non-hydrogen) atoms. The molecule has 0 saturated carbocycles. The summed E-state index contributed by atoms with van der Waals surface area (Å²) >= 11 is 0. The van der Waals surface area contributed by atoms with Crippen LogP contribution in [-0.2, 0) is 0 Å². The van der Waals surface area contributed by atoms with Gasteiger partial charge in [0.1, 0.15) is 0 Å². The molecule has 0 aliphatic rings. The van der Waals surface area contributed by atoms with Gasteiger partial charge in [-0.05, 0) is 45.6 Å². The third-order valence-corrected chi connectivity index (χ3v) is 4.22. The molecule has 0 unspecified atom stereocenters. The van der Waals surface area contributed by atoms with E-state index in [9.17, 15) is 0 Å². The fourth-order valence-electron chi connectivity index (χ4n) is 3.03. The van der Waals surface area contributed by atoms with E-state index in [-0.39, 0.29) is 0 Å². The molecular weight excluding hydrogens is 252 g/mol. The maximum Gasteiger partial charge on any atom is -0.0149 e. The van der Waals surface area contributed by atoms with Gasteiger partial charge in [-0.3, -0.25) is 0 Å². The minimum Gasteiger partial charge on any atom is -0.0619 e. The van der Waals surface area contributed by atoms with E-state index in [1.54, 1.807) is 0 Å². The summed E-state index contributed by atoms with van der Waals surface area (Å²) in [5.74, 6) is 1.69.